The lowest BCUT2D eigenvalue weighted by atomic mass is 10.2. The Kier molecular flexibility index (Phi) is 6.12. The number of carbonyl (C=O) groups excluding carboxylic acids is 1. The molecule has 0 aromatic heterocycles. The molecule has 26 heavy (non-hydrogen) atoms. The summed E-state index contributed by atoms with van der Waals surface area (Å²) in [6, 6.07) is 14.4. The minimum absolute atomic E-state index is 0.0489. The molecule has 2 aromatic rings. The summed E-state index contributed by atoms with van der Waals surface area (Å²) in [6.07, 6.45) is 0. The van der Waals surface area contributed by atoms with Gasteiger partial charge in [0.1, 0.15) is 18.4 Å². The molecular weight excluding hydrogens is 353 g/mol. The highest BCUT2D eigenvalue weighted by Crippen LogP contribution is 2.20. The van der Waals surface area contributed by atoms with Crippen molar-refractivity contribution in [2.45, 2.75) is 19.5 Å². The average Bonchev–Trinajstić information content (AvgIpc) is 2.65. The monoisotopic (exact) mass is 376 g/mol. The molecule has 1 saturated heterocycles. The number of halogens is 2. The molecule has 1 heterocycles. The first-order chi connectivity index (χ1) is 12.5. The van der Waals surface area contributed by atoms with Crippen molar-refractivity contribution in [3.63, 3.8) is 0 Å². The van der Waals surface area contributed by atoms with Crippen LogP contribution in [-0.2, 0) is 11.3 Å². The summed E-state index contributed by atoms with van der Waals surface area (Å²) in [4.78, 5) is 16.1. The fourth-order valence-electron chi connectivity index (χ4n) is 3.28. The van der Waals surface area contributed by atoms with Crippen LogP contribution >= 0.6 is 11.6 Å². The van der Waals surface area contributed by atoms with Crippen LogP contribution in [0.3, 0.4) is 0 Å². The normalized spacial score (nSPS) is 16.3. The van der Waals surface area contributed by atoms with Crippen LogP contribution in [0.1, 0.15) is 12.5 Å². The molecule has 138 valence electrons. The fraction of sp³-hybridized carbons (Fsp3) is 0.350. The number of amides is 1. The molecule has 1 atom stereocenters. The molecule has 1 aliphatic rings. The Morgan fingerprint density at radius 1 is 1.23 bits per heavy atom. The van der Waals surface area contributed by atoms with Crippen molar-refractivity contribution >= 4 is 23.2 Å². The van der Waals surface area contributed by atoms with Gasteiger partial charge in [-0.15, -0.1) is 0 Å². The number of hydrogen-bond donors (Lipinski definition) is 2. The Hall–Kier alpha value is -2.11. The SMILES string of the molecule is C[C@H](Nc1ccc(F)c(Cl)c1)C(=O)N1CC[NH+](Cc2ccccc2)CC1. The van der Waals surface area contributed by atoms with Gasteiger partial charge in [0.25, 0.3) is 0 Å². The lowest BCUT2D eigenvalue weighted by molar-refractivity contribution is -0.917. The minimum Gasteiger partial charge on any atom is -0.374 e. The first kappa shape index (κ1) is 18.7. The van der Waals surface area contributed by atoms with E-state index in [4.69, 9.17) is 11.6 Å². The van der Waals surface area contributed by atoms with Crippen molar-refractivity contribution in [3.05, 3.63) is 64.9 Å². The predicted molar refractivity (Wildman–Crippen MR) is 102 cm³/mol. The number of nitrogens with one attached hydrogen (secondary N) is 2. The molecule has 0 saturated carbocycles. The van der Waals surface area contributed by atoms with E-state index in [9.17, 15) is 9.18 Å². The van der Waals surface area contributed by atoms with Gasteiger partial charge in [0.15, 0.2) is 0 Å². The highest BCUT2D eigenvalue weighted by Gasteiger charge is 2.27. The molecule has 2 aromatic carbocycles. The van der Waals surface area contributed by atoms with Gasteiger partial charge in [-0.25, -0.2) is 4.39 Å². The third-order valence-electron chi connectivity index (χ3n) is 4.75. The standard InChI is InChI=1S/C20H23ClFN3O/c1-15(23-17-7-8-19(22)18(21)13-17)20(26)25-11-9-24(10-12-25)14-16-5-3-2-4-6-16/h2-8,13,15,23H,9-12,14H2,1H3/p+1/t15-/m0/s1. The molecular formula is C20H24ClFN3O+. The van der Waals surface area contributed by atoms with Crippen LogP contribution < -0.4 is 10.2 Å². The van der Waals surface area contributed by atoms with Crippen molar-refractivity contribution in [3.8, 4) is 0 Å². The number of piperazine rings is 1. The van der Waals surface area contributed by atoms with Crippen molar-refractivity contribution in [2.75, 3.05) is 31.5 Å². The maximum Gasteiger partial charge on any atom is 0.245 e. The summed E-state index contributed by atoms with van der Waals surface area (Å²) in [7, 11) is 0. The van der Waals surface area contributed by atoms with Crippen LogP contribution in [-0.4, -0.2) is 43.0 Å². The molecule has 0 unspecified atom stereocenters. The van der Waals surface area contributed by atoms with Crippen LogP contribution in [0, 0.1) is 5.82 Å². The fourth-order valence-corrected chi connectivity index (χ4v) is 3.46. The van der Waals surface area contributed by atoms with Crippen molar-refractivity contribution in [1.82, 2.24) is 4.90 Å². The van der Waals surface area contributed by atoms with Crippen LogP contribution in [0.5, 0.6) is 0 Å². The van der Waals surface area contributed by atoms with Gasteiger partial charge in [0, 0.05) is 11.3 Å². The minimum atomic E-state index is -0.464. The molecule has 2 N–H and O–H groups in total. The first-order valence-corrected chi connectivity index (χ1v) is 9.28. The number of nitrogens with zero attached hydrogens (tertiary/aromatic N) is 1. The average molecular weight is 377 g/mol. The topological polar surface area (TPSA) is 36.8 Å². The molecule has 4 nitrogen and oxygen atoms in total. The smallest absolute Gasteiger partial charge is 0.245 e. The molecule has 1 aliphatic heterocycles. The van der Waals surface area contributed by atoms with Crippen LogP contribution in [0.4, 0.5) is 10.1 Å². The maximum atomic E-state index is 13.2. The number of carbonyl (C=O) groups is 1. The zero-order valence-electron chi connectivity index (χ0n) is 14.8. The van der Waals surface area contributed by atoms with Gasteiger partial charge in [-0.3, -0.25) is 4.79 Å². The van der Waals surface area contributed by atoms with Gasteiger partial charge in [-0.05, 0) is 25.1 Å². The molecule has 3 rings (SSSR count). The molecule has 0 spiro atoms. The van der Waals surface area contributed by atoms with E-state index in [1.54, 1.807) is 6.07 Å². The third kappa shape index (κ3) is 4.74. The summed E-state index contributed by atoms with van der Waals surface area (Å²) in [5.74, 6) is -0.405. The Bertz CT molecular complexity index is 748. The Balaban J connectivity index is 1.50. The Morgan fingerprint density at radius 3 is 2.58 bits per heavy atom. The van der Waals surface area contributed by atoms with Gasteiger partial charge >= 0.3 is 0 Å². The van der Waals surface area contributed by atoms with E-state index in [0.717, 1.165) is 32.7 Å². The van der Waals surface area contributed by atoms with Crippen LogP contribution in [0.2, 0.25) is 5.02 Å². The summed E-state index contributed by atoms with van der Waals surface area (Å²) in [5, 5.41) is 3.16. The van der Waals surface area contributed by atoms with Crippen molar-refractivity contribution in [1.29, 1.82) is 0 Å². The van der Waals surface area contributed by atoms with Gasteiger partial charge in [-0.1, -0.05) is 41.9 Å². The maximum absolute atomic E-state index is 13.2. The molecule has 6 heteroatoms. The lowest BCUT2D eigenvalue weighted by Crippen LogP contribution is -3.13. The van der Waals surface area contributed by atoms with E-state index < -0.39 is 5.82 Å². The van der Waals surface area contributed by atoms with Gasteiger partial charge in [-0.2, -0.15) is 0 Å². The number of rotatable bonds is 5. The Morgan fingerprint density at radius 2 is 1.92 bits per heavy atom. The second kappa shape index (κ2) is 8.52. The van der Waals surface area contributed by atoms with Crippen molar-refractivity contribution in [2.24, 2.45) is 0 Å². The zero-order chi connectivity index (χ0) is 18.5. The number of quaternary nitrogens is 1. The second-order valence-corrected chi connectivity index (χ2v) is 7.14. The highest BCUT2D eigenvalue weighted by molar-refractivity contribution is 6.31. The predicted octanol–water partition coefficient (Wildman–Crippen LogP) is 2.21. The molecule has 0 bridgehead atoms. The zero-order valence-corrected chi connectivity index (χ0v) is 15.6. The van der Waals surface area contributed by atoms with E-state index >= 15 is 0 Å². The number of anilines is 1. The van der Waals surface area contributed by atoms with Crippen LogP contribution in [0.25, 0.3) is 0 Å². The molecule has 1 amide bonds. The quantitative estimate of drug-likeness (QED) is 0.839. The number of benzene rings is 2. The van der Waals surface area contributed by atoms with E-state index in [2.05, 4.69) is 29.6 Å². The van der Waals surface area contributed by atoms with Crippen molar-refractivity contribution < 1.29 is 14.1 Å². The largest absolute Gasteiger partial charge is 0.374 e. The number of hydrogen-bond acceptors (Lipinski definition) is 2. The van der Waals surface area contributed by atoms with Gasteiger partial charge in [0.2, 0.25) is 5.91 Å². The third-order valence-corrected chi connectivity index (χ3v) is 5.04. The van der Waals surface area contributed by atoms with Gasteiger partial charge < -0.3 is 15.1 Å². The summed E-state index contributed by atoms with van der Waals surface area (Å²) in [6.45, 7) is 6.19. The molecule has 0 aliphatic carbocycles. The highest BCUT2D eigenvalue weighted by atomic mass is 35.5. The van der Waals surface area contributed by atoms with Gasteiger partial charge in [0.05, 0.1) is 31.2 Å². The summed E-state index contributed by atoms with van der Waals surface area (Å²) >= 11 is 5.79. The van der Waals surface area contributed by atoms with E-state index in [0.29, 0.717) is 5.69 Å². The summed E-state index contributed by atoms with van der Waals surface area (Å²) < 4.78 is 13.2. The Labute approximate surface area is 158 Å². The molecule has 0 radical (unpaired) electrons. The van der Waals surface area contributed by atoms with E-state index in [-0.39, 0.29) is 17.0 Å². The van der Waals surface area contributed by atoms with Crippen LogP contribution in [0.15, 0.2) is 48.5 Å². The van der Waals surface area contributed by atoms with E-state index in [1.807, 2.05) is 17.9 Å². The first-order valence-electron chi connectivity index (χ1n) is 8.91. The van der Waals surface area contributed by atoms with E-state index in [1.165, 1.54) is 22.6 Å². The second-order valence-electron chi connectivity index (χ2n) is 6.73. The summed E-state index contributed by atoms with van der Waals surface area (Å²) in [5.41, 5.74) is 1.97. The lowest BCUT2D eigenvalue weighted by Gasteiger charge is -2.34. The molecule has 1 fully saturated rings.